The van der Waals surface area contributed by atoms with Gasteiger partial charge in [0.05, 0.1) is 5.56 Å². The summed E-state index contributed by atoms with van der Waals surface area (Å²) in [6, 6.07) is 6.19. The second kappa shape index (κ2) is 4.52. The van der Waals surface area contributed by atoms with Gasteiger partial charge in [-0.3, -0.25) is 0 Å². The van der Waals surface area contributed by atoms with Gasteiger partial charge in [0.25, 0.3) is 0 Å². The molecule has 0 radical (unpaired) electrons. The third kappa shape index (κ3) is 2.20. The lowest BCUT2D eigenvalue weighted by Gasteiger charge is -2.06. The molecule has 0 fully saturated rings. The Morgan fingerprint density at radius 1 is 1.28 bits per heavy atom. The van der Waals surface area contributed by atoms with Crippen LogP contribution >= 0.6 is 0 Å². The standard InChI is InChI=1S/C13H11FN2O2/c1-7-4-3-5-9(11(7)14)12-15-8(2)6-10(16-12)13(17)18/h3-6H,1-2H3,(H,17,18). The monoisotopic (exact) mass is 246 g/mol. The first-order valence-corrected chi connectivity index (χ1v) is 5.33. The number of hydrogen-bond acceptors (Lipinski definition) is 3. The van der Waals surface area contributed by atoms with Gasteiger partial charge >= 0.3 is 5.97 Å². The maximum absolute atomic E-state index is 13.9. The number of rotatable bonds is 2. The third-order valence-corrected chi connectivity index (χ3v) is 2.51. The Bertz CT molecular complexity index is 626. The van der Waals surface area contributed by atoms with Crippen molar-refractivity contribution in [3.63, 3.8) is 0 Å². The number of carboxylic acids is 1. The highest BCUT2D eigenvalue weighted by Crippen LogP contribution is 2.22. The van der Waals surface area contributed by atoms with Gasteiger partial charge in [0.2, 0.25) is 0 Å². The zero-order chi connectivity index (χ0) is 13.3. The number of carbonyl (C=O) groups is 1. The van der Waals surface area contributed by atoms with Gasteiger partial charge in [-0.2, -0.15) is 0 Å². The fourth-order valence-electron chi connectivity index (χ4n) is 1.62. The summed E-state index contributed by atoms with van der Waals surface area (Å²) in [5, 5.41) is 8.92. The molecule has 92 valence electrons. The van der Waals surface area contributed by atoms with Crippen LogP contribution in [-0.2, 0) is 0 Å². The van der Waals surface area contributed by atoms with Crippen LogP contribution in [0.2, 0.25) is 0 Å². The summed E-state index contributed by atoms with van der Waals surface area (Å²) in [4.78, 5) is 18.8. The Morgan fingerprint density at radius 3 is 2.67 bits per heavy atom. The summed E-state index contributed by atoms with van der Waals surface area (Å²) in [6.07, 6.45) is 0. The van der Waals surface area contributed by atoms with Crippen LogP contribution in [0.4, 0.5) is 4.39 Å². The van der Waals surface area contributed by atoms with Gasteiger partial charge in [-0.25, -0.2) is 19.2 Å². The highest BCUT2D eigenvalue weighted by atomic mass is 19.1. The molecular formula is C13H11FN2O2. The number of aromatic nitrogens is 2. The summed E-state index contributed by atoms with van der Waals surface area (Å²) in [5.41, 5.74) is 1.02. The van der Waals surface area contributed by atoms with Crippen LogP contribution in [0.25, 0.3) is 11.4 Å². The van der Waals surface area contributed by atoms with E-state index in [-0.39, 0.29) is 17.1 Å². The van der Waals surface area contributed by atoms with Gasteiger partial charge in [-0.15, -0.1) is 0 Å². The molecule has 0 saturated carbocycles. The first kappa shape index (κ1) is 12.2. The molecule has 4 nitrogen and oxygen atoms in total. The summed E-state index contributed by atoms with van der Waals surface area (Å²) in [6.45, 7) is 3.28. The smallest absolute Gasteiger partial charge is 0.354 e. The zero-order valence-corrected chi connectivity index (χ0v) is 9.94. The van der Waals surface area contributed by atoms with Gasteiger partial charge in [0, 0.05) is 5.69 Å². The van der Waals surface area contributed by atoms with E-state index in [2.05, 4.69) is 9.97 Å². The Labute approximate surface area is 103 Å². The van der Waals surface area contributed by atoms with E-state index in [9.17, 15) is 9.18 Å². The molecule has 0 aliphatic heterocycles. The molecular weight excluding hydrogens is 235 g/mol. The van der Waals surface area contributed by atoms with Crippen molar-refractivity contribution < 1.29 is 14.3 Å². The topological polar surface area (TPSA) is 63.1 Å². The Balaban J connectivity index is 2.64. The second-order valence-electron chi connectivity index (χ2n) is 3.96. The molecule has 0 aliphatic rings. The molecule has 2 aromatic rings. The van der Waals surface area contributed by atoms with Gasteiger partial charge in [-0.05, 0) is 31.5 Å². The molecule has 0 amide bonds. The zero-order valence-electron chi connectivity index (χ0n) is 9.94. The van der Waals surface area contributed by atoms with E-state index < -0.39 is 11.8 Å². The molecule has 18 heavy (non-hydrogen) atoms. The van der Waals surface area contributed by atoms with Crippen LogP contribution < -0.4 is 0 Å². The molecule has 1 aromatic heterocycles. The van der Waals surface area contributed by atoms with Crippen molar-refractivity contribution in [3.8, 4) is 11.4 Å². The quantitative estimate of drug-likeness (QED) is 0.884. The highest BCUT2D eigenvalue weighted by Gasteiger charge is 2.14. The molecule has 0 spiro atoms. The lowest BCUT2D eigenvalue weighted by Crippen LogP contribution is -2.05. The number of aromatic carboxylic acids is 1. The van der Waals surface area contributed by atoms with Crippen molar-refractivity contribution in [2.24, 2.45) is 0 Å². The first-order valence-electron chi connectivity index (χ1n) is 5.33. The average Bonchev–Trinajstić information content (AvgIpc) is 2.31. The van der Waals surface area contributed by atoms with E-state index >= 15 is 0 Å². The Morgan fingerprint density at radius 2 is 2.00 bits per heavy atom. The van der Waals surface area contributed by atoms with Gasteiger partial charge < -0.3 is 5.11 Å². The summed E-state index contributed by atoms with van der Waals surface area (Å²) in [5.74, 6) is -1.50. The van der Waals surface area contributed by atoms with E-state index in [0.29, 0.717) is 11.3 Å². The van der Waals surface area contributed by atoms with Crippen molar-refractivity contribution >= 4 is 5.97 Å². The minimum Gasteiger partial charge on any atom is -0.477 e. The summed E-state index contributed by atoms with van der Waals surface area (Å²) < 4.78 is 13.9. The number of halogens is 1. The average molecular weight is 246 g/mol. The summed E-state index contributed by atoms with van der Waals surface area (Å²) >= 11 is 0. The number of aryl methyl sites for hydroxylation is 2. The molecule has 5 heteroatoms. The lowest BCUT2D eigenvalue weighted by molar-refractivity contribution is 0.0690. The first-order chi connectivity index (χ1) is 8.49. The number of carboxylic acid groups (broad SMARTS) is 1. The van der Waals surface area contributed by atoms with Crippen LogP contribution in [0.15, 0.2) is 24.3 Å². The number of nitrogens with zero attached hydrogens (tertiary/aromatic N) is 2. The predicted octanol–water partition coefficient (Wildman–Crippen LogP) is 2.60. The molecule has 1 heterocycles. The van der Waals surface area contributed by atoms with Gasteiger partial charge in [0.1, 0.15) is 5.82 Å². The van der Waals surface area contributed by atoms with Crippen LogP contribution in [-0.4, -0.2) is 21.0 Å². The molecule has 0 saturated heterocycles. The van der Waals surface area contributed by atoms with Crippen LogP contribution in [0, 0.1) is 19.7 Å². The van der Waals surface area contributed by atoms with E-state index in [1.807, 2.05) is 0 Å². The largest absolute Gasteiger partial charge is 0.477 e. The van der Waals surface area contributed by atoms with Gasteiger partial charge in [-0.1, -0.05) is 12.1 Å². The molecule has 1 N–H and O–H groups in total. The molecule has 0 bridgehead atoms. The maximum Gasteiger partial charge on any atom is 0.354 e. The molecule has 2 rings (SSSR count). The van der Waals surface area contributed by atoms with E-state index in [0.717, 1.165) is 0 Å². The van der Waals surface area contributed by atoms with Gasteiger partial charge in [0.15, 0.2) is 11.5 Å². The van der Waals surface area contributed by atoms with Crippen molar-refractivity contribution in [1.82, 2.24) is 9.97 Å². The molecule has 1 aromatic carbocycles. The third-order valence-electron chi connectivity index (χ3n) is 2.51. The van der Waals surface area contributed by atoms with E-state index in [1.54, 1.807) is 26.0 Å². The van der Waals surface area contributed by atoms with E-state index in [4.69, 9.17) is 5.11 Å². The Hall–Kier alpha value is -2.30. The van der Waals surface area contributed by atoms with Crippen molar-refractivity contribution in [2.45, 2.75) is 13.8 Å². The normalized spacial score (nSPS) is 10.4. The van der Waals surface area contributed by atoms with Crippen molar-refractivity contribution in [1.29, 1.82) is 0 Å². The predicted molar refractivity (Wildman–Crippen MR) is 63.9 cm³/mol. The van der Waals surface area contributed by atoms with Crippen molar-refractivity contribution in [2.75, 3.05) is 0 Å². The maximum atomic E-state index is 13.9. The minimum absolute atomic E-state index is 0.0913. The number of benzene rings is 1. The SMILES string of the molecule is Cc1cc(C(=O)O)nc(-c2cccc(C)c2F)n1. The fraction of sp³-hybridized carbons (Fsp3) is 0.154. The lowest BCUT2D eigenvalue weighted by atomic mass is 10.1. The van der Waals surface area contributed by atoms with Crippen LogP contribution in [0.1, 0.15) is 21.7 Å². The van der Waals surface area contributed by atoms with Crippen LogP contribution in [0.5, 0.6) is 0 Å². The fourth-order valence-corrected chi connectivity index (χ4v) is 1.62. The Kier molecular flexibility index (Phi) is 3.06. The summed E-state index contributed by atoms with van der Waals surface area (Å²) in [7, 11) is 0. The molecule has 0 unspecified atom stereocenters. The molecule has 0 aliphatic carbocycles. The molecule has 0 atom stereocenters. The second-order valence-corrected chi connectivity index (χ2v) is 3.96. The highest BCUT2D eigenvalue weighted by molar-refractivity contribution is 5.86. The van der Waals surface area contributed by atoms with Crippen LogP contribution in [0.3, 0.4) is 0 Å². The van der Waals surface area contributed by atoms with E-state index in [1.165, 1.54) is 12.1 Å². The minimum atomic E-state index is -1.16. The van der Waals surface area contributed by atoms with Crippen molar-refractivity contribution in [3.05, 3.63) is 47.0 Å². The number of hydrogen-bond donors (Lipinski definition) is 1.